The molecule has 0 radical (unpaired) electrons. The van der Waals surface area contributed by atoms with Crippen LogP contribution in [0.25, 0.3) is 0 Å². The predicted molar refractivity (Wildman–Crippen MR) is 40.8 cm³/mol. The fourth-order valence-electron chi connectivity index (χ4n) is 0.814. The van der Waals surface area contributed by atoms with Crippen molar-refractivity contribution in [3.8, 4) is 0 Å². The number of aliphatic hydroxyl groups is 1. The summed E-state index contributed by atoms with van der Waals surface area (Å²) in [6.45, 7) is 3.89. The Morgan fingerprint density at radius 2 is 2.10 bits per heavy atom. The zero-order valence-electron chi connectivity index (χ0n) is 6.76. The van der Waals surface area contributed by atoms with Gasteiger partial charge in [0.2, 0.25) is 0 Å². The van der Waals surface area contributed by atoms with E-state index in [1.165, 1.54) is 0 Å². The molecule has 0 aromatic rings. The Labute approximate surface area is 62.2 Å². The summed E-state index contributed by atoms with van der Waals surface area (Å²) in [6, 6.07) is 0. The molecule has 0 aliphatic carbocycles. The number of hydrogen-bond donors (Lipinski definition) is 1. The fourth-order valence-corrected chi connectivity index (χ4v) is 0.814. The Morgan fingerprint density at radius 3 is 2.50 bits per heavy atom. The molecule has 0 spiro atoms. The van der Waals surface area contributed by atoms with E-state index in [0.717, 1.165) is 12.8 Å². The van der Waals surface area contributed by atoms with Crippen LogP contribution in [0.2, 0.25) is 0 Å². The molecule has 0 heterocycles. The Hall–Kier alpha value is -0.370. The van der Waals surface area contributed by atoms with E-state index in [-0.39, 0.29) is 12.4 Å². The summed E-state index contributed by atoms with van der Waals surface area (Å²) in [5.41, 5.74) is 0. The van der Waals surface area contributed by atoms with E-state index in [1.54, 1.807) is 6.92 Å². The number of aliphatic hydroxyl groups excluding tert-OH is 1. The Kier molecular flexibility index (Phi) is 5.22. The van der Waals surface area contributed by atoms with Crippen molar-refractivity contribution in [2.75, 3.05) is 6.61 Å². The first kappa shape index (κ1) is 9.63. The van der Waals surface area contributed by atoms with Crippen LogP contribution in [0.15, 0.2) is 0 Å². The van der Waals surface area contributed by atoms with Gasteiger partial charge in [-0.3, -0.25) is 0 Å². The minimum atomic E-state index is 0.235. The van der Waals surface area contributed by atoms with Gasteiger partial charge in [-0.1, -0.05) is 6.92 Å². The lowest BCUT2D eigenvalue weighted by Crippen LogP contribution is -2.00. The largest absolute Gasteiger partial charge is 0.396 e. The van der Waals surface area contributed by atoms with Crippen molar-refractivity contribution in [3.63, 3.8) is 0 Å². The van der Waals surface area contributed by atoms with Crippen molar-refractivity contribution >= 4 is 5.78 Å². The van der Waals surface area contributed by atoms with Crippen LogP contribution in [0, 0.1) is 5.92 Å². The number of rotatable bonds is 5. The molecule has 0 aliphatic rings. The highest BCUT2D eigenvalue weighted by Crippen LogP contribution is 2.08. The first-order valence-corrected chi connectivity index (χ1v) is 3.77. The molecule has 1 atom stereocenters. The lowest BCUT2D eigenvalue weighted by atomic mass is 10.0. The van der Waals surface area contributed by atoms with Gasteiger partial charge in [-0.2, -0.15) is 0 Å². The van der Waals surface area contributed by atoms with Gasteiger partial charge < -0.3 is 9.90 Å². The second kappa shape index (κ2) is 5.42. The van der Waals surface area contributed by atoms with Crippen molar-refractivity contribution in [2.45, 2.75) is 33.1 Å². The van der Waals surface area contributed by atoms with Crippen molar-refractivity contribution < 1.29 is 9.90 Å². The van der Waals surface area contributed by atoms with Crippen molar-refractivity contribution in [1.82, 2.24) is 0 Å². The number of carbonyl (C=O) groups excluding carboxylic acids is 1. The Morgan fingerprint density at radius 1 is 1.50 bits per heavy atom. The van der Waals surface area contributed by atoms with Crippen LogP contribution >= 0.6 is 0 Å². The highest BCUT2D eigenvalue weighted by molar-refractivity contribution is 5.75. The van der Waals surface area contributed by atoms with E-state index in [4.69, 9.17) is 5.11 Å². The summed E-state index contributed by atoms with van der Waals surface area (Å²) in [5, 5.41) is 8.52. The molecule has 60 valence electrons. The third-order valence-electron chi connectivity index (χ3n) is 1.61. The molecule has 0 saturated heterocycles. The van der Waals surface area contributed by atoms with Gasteiger partial charge in [0.25, 0.3) is 0 Å². The quantitative estimate of drug-likeness (QED) is 0.632. The summed E-state index contributed by atoms with van der Waals surface area (Å²) < 4.78 is 0. The topological polar surface area (TPSA) is 37.3 Å². The maximum absolute atomic E-state index is 10.5. The van der Waals surface area contributed by atoms with Gasteiger partial charge in [-0.15, -0.1) is 0 Å². The van der Waals surface area contributed by atoms with Crippen molar-refractivity contribution in [1.29, 1.82) is 0 Å². The molecule has 0 rings (SSSR count). The zero-order valence-corrected chi connectivity index (χ0v) is 6.76. The highest BCUT2D eigenvalue weighted by Gasteiger charge is 2.01. The molecule has 0 unspecified atom stereocenters. The van der Waals surface area contributed by atoms with Gasteiger partial charge in [0.05, 0.1) is 0 Å². The SMILES string of the molecule is CC(=O)CC[C@@H](C)CCO. The lowest BCUT2D eigenvalue weighted by Gasteiger charge is -2.06. The molecule has 0 fully saturated rings. The fraction of sp³-hybridized carbons (Fsp3) is 0.875. The van der Waals surface area contributed by atoms with Gasteiger partial charge >= 0.3 is 0 Å². The number of carbonyl (C=O) groups is 1. The molecule has 0 aliphatic heterocycles. The summed E-state index contributed by atoms with van der Waals surface area (Å²) in [4.78, 5) is 10.5. The van der Waals surface area contributed by atoms with Gasteiger partial charge in [0, 0.05) is 13.0 Å². The van der Waals surface area contributed by atoms with Crippen LogP contribution in [-0.2, 0) is 4.79 Å². The van der Waals surface area contributed by atoms with Crippen LogP contribution in [0.4, 0.5) is 0 Å². The van der Waals surface area contributed by atoms with Crippen LogP contribution in [0.1, 0.15) is 33.1 Å². The molecule has 10 heavy (non-hydrogen) atoms. The zero-order chi connectivity index (χ0) is 7.98. The number of Topliss-reactive ketones (excluding diaryl/α,β-unsaturated/α-hetero) is 1. The molecule has 0 bridgehead atoms. The molecule has 1 N–H and O–H groups in total. The highest BCUT2D eigenvalue weighted by atomic mass is 16.3. The normalized spacial score (nSPS) is 13.1. The molecule has 2 nitrogen and oxygen atoms in total. The third kappa shape index (κ3) is 5.76. The molecular weight excluding hydrogens is 128 g/mol. The smallest absolute Gasteiger partial charge is 0.129 e. The van der Waals surface area contributed by atoms with Gasteiger partial charge in [0.15, 0.2) is 0 Å². The maximum atomic E-state index is 10.5. The average Bonchev–Trinajstić information content (AvgIpc) is 1.85. The molecule has 0 aromatic heterocycles. The molecule has 0 saturated carbocycles. The third-order valence-corrected chi connectivity index (χ3v) is 1.61. The van der Waals surface area contributed by atoms with Crippen molar-refractivity contribution in [3.05, 3.63) is 0 Å². The standard InChI is InChI=1S/C8H16O2/c1-7(5-6-9)3-4-8(2)10/h7,9H,3-6H2,1-2H3/t7-/m1/s1. The molecule has 0 aromatic carbocycles. The van der Waals surface area contributed by atoms with Gasteiger partial charge in [-0.05, 0) is 25.7 Å². The summed E-state index contributed by atoms with van der Waals surface area (Å²) >= 11 is 0. The van der Waals surface area contributed by atoms with Crippen LogP contribution in [0.3, 0.4) is 0 Å². The van der Waals surface area contributed by atoms with Crippen molar-refractivity contribution in [2.24, 2.45) is 5.92 Å². The maximum Gasteiger partial charge on any atom is 0.129 e. The van der Waals surface area contributed by atoms with E-state index in [1.807, 2.05) is 0 Å². The molecule has 2 heteroatoms. The van der Waals surface area contributed by atoms with E-state index < -0.39 is 0 Å². The molecular formula is C8H16O2. The number of hydrogen-bond acceptors (Lipinski definition) is 2. The summed E-state index contributed by atoms with van der Waals surface area (Å²) in [6.07, 6.45) is 2.38. The van der Waals surface area contributed by atoms with Crippen LogP contribution in [0.5, 0.6) is 0 Å². The Bertz CT molecular complexity index is 99.4. The first-order chi connectivity index (χ1) is 4.66. The van der Waals surface area contributed by atoms with Gasteiger partial charge in [0.1, 0.15) is 5.78 Å². The van der Waals surface area contributed by atoms with Crippen LogP contribution < -0.4 is 0 Å². The Balaban J connectivity index is 3.21. The van der Waals surface area contributed by atoms with E-state index >= 15 is 0 Å². The molecule has 0 amide bonds. The monoisotopic (exact) mass is 144 g/mol. The first-order valence-electron chi connectivity index (χ1n) is 3.77. The van der Waals surface area contributed by atoms with E-state index in [9.17, 15) is 4.79 Å². The number of ketones is 1. The van der Waals surface area contributed by atoms with Gasteiger partial charge in [-0.25, -0.2) is 0 Å². The van der Waals surface area contributed by atoms with Crippen LogP contribution in [-0.4, -0.2) is 17.5 Å². The summed E-state index contributed by atoms with van der Waals surface area (Å²) in [7, 11) is 0. The van der Waals surface area contributed by atoms with E-state index in [0.29, 0.717) is 12.3 Å². The predicted octanol–water partition coefficient (Wildman–Crippen LogP) is 1.37. The minimum Gasteiger partial charge on any atom is -0.396 e. The minimum absolute atomic E-state index is 0.235. The average molecular weight is 144 g/mol. The van der Waals surface area contributed by atoms with E-state index in [2.05, 4.69) is 6.92 Å². The second-order valence-corrected chi connectivity index (χ2v) is 2.86. The lowest BCUT2D eigenvalue weighted by molar-refractivity contribution is -0.117. The second-order valence-electron chi connectivity index (χ2n) is 2.86. The summed E-state index contributed by atoms with van der Waals surface area (Å²) in [5.74, 6) is 0.721.